The van der Waals surface area contributed by atoms with E-state index in [1.165, 1.54) is 38.5 Å². The Morgan fingerprint density at radius 3 is 2.73 bits per heavy atom. The molecule has 0 aliphatic heterocycles. The summed E-state index contributed by atoms with van der Waals surface area (Å²) in [5, 5.41) is 0. The van der Waals surface area contributed by atoms with E-state index in [0.29, 0.717) is 5.54 Å². The number of hydrogen-bond acceptors (Lipinski definition) is 1. The van der Waals surface area contributed by atoms with Gasteiger partial charge in [-0.05, 0) is 43.4 Å². The Morgan fingerprint density at radius 1 is 1.18 bits per heavy atom. The van der Waals surface area contributed by atoms with Crippen LogP contribution in [0.3, 0.4) is 0 Å². The highest BCUT2D eigenvalue weighted by Gasteiger charge is 2.56. The first kappa shape index (κ1) is 6.47. The Bertz CT molecular complexity index is 189. The fourth-order valence-electron chi connectivity index (χ4n) is 3.89. The second kappa shape index (κ2) is 1.82. The molecule has 0 aromatic heterocycles. The maximum atomic E-state index is 6.39. The van der Waals surface area contributed by atoms with Crippen LogP contribution in [-0.4, -0.2) is 5.54 Å². The lowest BCUT2D eigenvalue weighted by molar-refractivity contribution is 0.137. The summed E-state index contributed by atoms with van der Waals surface area (Å²) >= 11 is 0. The lowest BCUT2D eigenvalue weighted by Crippen LogP contribution is -2.47. The number of nitrogens with two attached hydrogens (primary N) is 1. The van der Waals surface area contributed by atoms with Gasteiger partial charge in [-0.15, -0.1) is 0 Å². The predicted octanol–water partition coefficient (Wildman–Crippen LogP) is 1.91. The fraction of sp³-hybridized carbons (Fsp3) is 1.00. The largest absolute Gasteiger partial charge is 0.325 e. The molecular formula is C10H17N. The molecule has 2 N–H and O–H groups in total. The van der Waals surface area contributed by atoms with Gasteiger partial charge >= 0.3 is 0 Å². The van der Waals surface area contributed by atoms with Crippen LogP contribution in [0.4, 0.5) is 0 Å². The van der Waals surface area contributed by atoms with Crippen LogP contribution in [0.15, 0.2) is 0 Å². The lowest BCUT2D eigenvalue weighted by atomic mass is 9.69. The Hall–Kier alpha value is -0.0400. The van der Waals surface area contributed by atoms with E-state index in [4.69, 9.17) is 5.73 Å². The van der Waals surface area contributed by atoms with Crippen molar-refractivity contribution in [2.45, 2.75) is 44.1 Å². The van der Waals surface area contributed by atoms with Crippen LogP contribution in [-0.2, 0) is 0 Å². The molecule has 0 amide bonds. The molecule has 4 unspecified atom stereocenters. The molecule has 4 atom stereocenters. The van der Waals surface area contributed by atoms with Gasteiger partial charge in [0, 0.05) is 5.54 Å². The van der Waals surface area contributed by atoms with Crippen molar-refractivity contribution in [3.8, 4) is 0 Å². The molecular weight excluding hydrogens is 134 g/mol. The summed E-state index contributed by atoms with van der Waals surface area (Å²) in [5.74, 6) is 3.03. The number of hydrogen-bond donors (Lipinski definition) is 1. The van der Waals surface area contributed by atoms with Gasteiger partial charge in [-0.2, -0.15) is 0 Å². The Kier molecular flexibility index (Phi) is 1.07. The van der Waals surface area contributed by atoms with Crippen LogP contribution in [0.25, 0.3) is 0 Å². The van der Waals surface area contributed by atoms with Crippen LogP contribution in [0.2, 0.25) is 0 Å². The highest BCUT2D eigenvalue weighted by atomic mass is 14.8. The highest BCUT2D eigenvalue weighted by Crippen LogP contribution is 2.59. The minimum atomic E-state index is 0.311. The molecule has 3 fully saturated rings. The van der Waals surface area contributed by atoms with E-state index in [0.717, 1.165) is 17.8 Å². The zero-order valence-corrected chi connectivity index (χ0v) is 7.05. The number of rotatable bonds is 0. The predicted molar refractivity (Wildman–Crippen MR) is 45.1 cm³/mol. The first-order valence-electron chi connectivity index (χ1n) is 5.08. The molecule has 0 aromatic carbocycles. The molecule has 2 bridgehead atoms. The third-order valence-corrected chi connectivity index (χ3v) is 4.53. The van der Waals surface area contributed by atoms with Gasteiger partial charge in [0.2, 0.25) is 0 Å². The third kappa shape index (κ3) is 0.658. The standard InChI is InChI=1S/C10H17N/c11-10-5-1-2-7(6-10)8-3-4-9(8)10/h7-9H,1-6,11H2. The molecule has 11 heavy (non-hydrogen) atoms. The molecule has 1 heteroatoms. The van der Waals surface area contributed by atoms with Crippen LogP contribution < -0.4 is 5.73 Å². The summed E-state index contributed by atoms with van der Waals surface area (Å²) in [4.78, 5) is 0. The van der Waals surface area contributed by atoms with E-state index in [2.05, 4.69) is 0 Å². The lowest BCUT2D eigenvalue weighted by Gasteiger charge is -2.40. The van der Waals surface area contributed by atoms with Gasteiger partial charge in [0.1, 0.15) is 0 Å². The van der Waals surface area contributed by atoms with Crippen molar-refractivity contribution in [3.63, 3.8) is 0 Å². The van der Waals surface area contributed by atoms with Crippen LogP contribution in [0.5, 0.6) is 0 Å². The maximum absolute atomic E-state index is 6.39. The summed E-state index contributed by atoms with van der Waals surface area (Å²) in [6, 6.07) is 0. The van der Waals surface area contributed by atoms with Crippen molar-refractivity contribution in [1.82, 2.24) is 0 Å². The van der Waals surface area contributed by atoms with Crippen molar-refractivity contribution in [2.24, 2.45) is 23.5 Å². The second-order valence-corrected chi connectivity index (χ2v) is 4.94. The molecule has 0 heterocycles. The van der Waals surface area contributed by atoms with Gasteiger partial charge in [-0.1, -0.05) is 12.8 Å². The zero-order valence-electron chi connectivity index (χ0n) is 7.05. The van der Waals surface area contributed by atoms with Gasteiger partial charge in [0.25, 0.3) is 0 Å². The van der Waals surface area contributed by atoms with E-state index >= 15 is 0 Å². The topological polar surface area (TPSA) is 26.0 Å². The minimum absolute atomic E-state index is 0.311. The molecule has 62 valence electrons. The normalized spacial score (nSPS) is 60.3. The van der Waals surface area contributed by atoms with Crippen LogP contribution in [0, 0.1) is 17.8 Å². The van der Waals surface area contributed by atoms with E-state index in [1.54, 1.807) is 0 Å². The Labute approximate surface area is 68.3 Å². The molecule has 1 nitrogen and oxygen atoms in total. The Morgan fingerprint density at radius 2 is 2.09 bits per heavy atom. The average molecular weight is 151 g/mol. The zero-order chi connectivity index (χ0) is 7.47. The van der Waals surface area contributed by atoms with Gasteiger partial charge in [0.15, 0.2) is 0 Å². The summed E-state index contributed by atoms with van der Waals surface area (Å²) in [5.41, 5.74) is 6.70. The molecule has 0 saturated heterocycles. The molecule has 0 aromatic rings. The smallest absolute Gasteiger partial charge is 0.0188 e. The van der Waals surface area contributed by atoms with Gasteiger partial charge < -0.3 is 5.73 Å². The monoisotopic (exact) mass is 151 g/mol. The van der Waals surface area contributed by atoms with Crippen LogP contribution in [0.1, 0.15) is 38.5 Å². The molecule has 3 rings (SSSR count). The fourth-order valence-corrected chi connectivity index (χ4v) is 3.89. The molecule has 3 aliphatic rings. The van der Waals surface area contributed by atoms with E-state index in [1.807, 2.05) is 0 Å². The third-order valence-electron chi connectivity index (χ3n) is 4.53. The molecule has 3 saturated carbocycles. The Balaban J connectivity index is 1.95. The van der Waals surface area contributed by atoms with Gasteiger partial charge in [-0.25, -0.2) is 0 Å². The van der Waals surface area contributed by atoms with Crippen molar-refractivity contribution in [1.29, 1.82) is 0 Å². The molecule has 0 spiro atoms. The van der Waals surface area contributed by atoms with Crippen molar-refractivity contribution in [2.75, 3.05) is 0 Å². The van der Waals surface area contributed by atoms with E-state index < -0.39 is 0 Å². The molecule has 0 radical (unpaired) electrons. The summed E-state index contributed by atoms with van der Waals surface area (Å²) in [6.07, 6.45) is 8.52. The second-order valence-electron chi connectivity index (χ2n) is 4.94. The SMILES string of the molecule is NC12CCCC(C1)C1CCC12. The van der Waals surface area contributed by atoms with E-state index in [9.17, 15) is 0 Å². The quantitative estimate of drug-likeness (QED) is 0.562. The van der Waals surface area contributed by atoms with E-state index in [-0.39, 0.29) is 0 Å². The first-order chi connectivity index (χ1) is 5.30. The number of fused-ring (bicyclic) bond motifs is 5. The van der Waals surface area contributed by atoms with Gasteiger partial charge in [-0.3, -0.25) is 0 Å². The summed E-state index contributed by atoms with van der Waals surface area (Å²) in [6.45, 7) is 0. The summed E-state index contributed by atoms with van der Waals surface area (Å²) in [7, 11) is 0. The average Bonchev–Trinajstić information content (AvgIpc) is 1.93. The van der Waals surface area contributed by atoms with Crippen LogP contribution >= 0.6 is 0 Å². The van der Waals surface area contributed by atoms with Crippen molar-refractivity contribution >= 4 is 0 Å². The first-order valence-corrected chi connectivity index (χ1v) is 5.08. The van der Waals surface area contributed by atoms with Gasteiger partial charge in [0.05, 0.1) is 0 Å². The van der Waals surface area contributed by atoms with Crippen molar-refractivity contribution < 1.29 is 0 Å². The maximum Gasteiger partial charge on any atom is 0.0188 e. The highest BCUT2D eigenvalue weighted by molar-refractivity contribution is 5.11. The summed E-state index contributed by atoms with van der Waals surface area (Å²) < 4.78 is 0. The minimum Gasteiger partial charge on any atom is -0.325 e. The molecule has 3 aliphatic carbocycles. The van der Waals surface area contributed by atoms with Crippen molar-refractivity contribution in [3.05, 3.63) is 0 Å².